The van der Waals surface area contributed by atoms with Crippen LogP contribution in [0.1, 0.15) is 36.9 Å². The van der Waals surface area contributed by atoms with Crippen molar-refractivity contribution in [1.82, 2.24) is 9.78 Å². The molecule has 1 aromatic heterocycles. The summed E-state index contributed by atoms with van der Waals surface area (Å²) in [6.07, 6.45) is 0.219. The van der Waals surface area contributed by atoms with E-state index >= 15 is 0 Å². The first kappa shape index (κ1) is 14.9. The summed E-state index contributed by atoms with van der Waals surface area (Å²) in [5.74, 6) is 0.665. The number of para-hydroxylation sites is 1. The lowest BCUT2D eigenvalue weighted by Crippen LogP contribution is -2.05. The fourth-order valence-electron chi connectivity index (χ4n) is 2.08. The minimum absolute atomic E-state index is 0.325. The van der Waals surface area contributed by atoms with Crippen molar-refractivity contribution in [2.45, 2.75) is 33.0 Å². The van der Waals surface area contributed by atoms with E-state index in [1.807, 2.05) is 38.2 Å². The average molecular weight is 295 g/mol. The van der Waals surface area contributed by atoms with Gasteiger partial charge >= 0.3 is 0 Å². The van der Waals surface area contributed by atoms with Crippen molar-refractivity contribution in [1.29, 1.82) is 0 Å². The highest BCUT2D eigenvalue weighted by molar-refractivity contribution is 6.31. The number of nitrogens with zero attached hydrogens (tertiary/aromatic N) is 2. The van der Waals surface area contributed by atoms with E-state index in [9.17, 15) is 5.11 Å². The van der Waals surface area contributed by atoms with Gasteiger partial charge in [-0.3, -0.25) is 4.68 Å². The van der Waals surface area contributed by atoms with Crippen LogP contribution < -0.4 is 4.74 Å². The predicted molar refractivity (Wildman–Crippen MR) is 79.0 cm³/mol. The molecule has 20 heavy (non-hydrogen) atoms. The molecular formula is C15H19ClN2O2. The molecule has 0 spiro atoms. The zero-order chi connectivity index (χ0) is 14.7. The van der Waals surface area contributed by atoms with Crippen LogP contribution in [-0.2, 0) is 20.1 Å². The molecule has 2 aromatic rings. The van der Waals surface area contributed by atoms with E-state index in [-0.39, 0.29) is 0 Å². The predicted octanol–water partition coefficient (Wildman–Crippen LogP) is 3.27. The van der Waals surface area contributed by atoms with Gasteiger partial charge in [-0.25, -0.2) is 0 Å². The van der Waals surface area contributed by atoms with Gasteiger partial charge in [-0.2, -0.15) is 5.10 Å². The van der Waals surface area contributed by atoms with Crippen LogP contribution >= 0.6 is 11.6 Å². The smallest absolute Gasteiger partial charge is 0.131 e. The molecule has 2 rings (SSSR count). The van der Waals surface area contributed by atoms with Gasteiger partial charge in [0.05, 0.1) is 22.5 Å². The van der Waals surface area contributed by atoms with E-state index in [2.05, 4.69) is 5.10 Å². The third kappa shape index (κ3) is 2.97. The van der Waals surface area contributed by atoms with Gasteiger partial charge in [-0.1, -0.05) is 36.7 Å². The van der Waals surface area contributed by atoms with Crippen LogP contribution in [0.15, 0.2) is 24.3 Å². The molecule has 0 aliphatic rings. The van der Waals surface area contributed by atoms with Crippen LogP contribution in [0.3, 0.4) is 0 Å². The summed E-state index contributed by atoms with van der Waals surface area (Å²) in [7, 11) is 1.85. The lowest BCUT2D eigenvalue weighted by atomic mass is 10.1. The van der Waals surface area contributed by atoms with Gasteiger partial charge in [0.2, 0.25) is 0 Å². The van der Waals surface area contributed by atoms with Gasteiger partial charge in [0.1, 0.15) is 12.4 Å². The maximum absolute atomic E-state index is 9.73. The number of aryl methyl sites for hydroxylation is 2. The highest BCUT2D eigenvalue weighted by Crippen LogP contribution is 2.27. The summed E-state index contributed by atoms with van der Waals surface area (Å²) in [5, 5.41) is 14.7. The molecule has 0 aliphatic carbocycles. The Bertz CT molecular complexity index is 594. The Labute approximate surface area is 123 Å². The number of rotatable bonds is 5. The van der Waals surface area contributed by atoms with E-state index in [0.29, 0.717) is 17.4 Å². The van der Waals surface area contributed by atoms with Gasteiger partial charge in [0.15, 0.2) is 0 Å². The first-order chi connectivity index (χ1) is 9.54. The number of aromatic nitrogens is 2. The van der Waals surface area contributed by atoms with Crippen LogP contribution in [0.5, 0.6) is 5.75 Å². The van der Waals surface area contributed by atoms with Gasteiger partial charge in [0.25, 0.3) is 0 Å². The fourth-order valence-corrected chi connectivity index (χ4v) is 2.43. The molecule has 0 aliphatic heterocycles. The molecule has 4 nitrogen and oxygen atoms in total. The lowest BCUT2D eigenvalue weighted by molar-refractivity contribution is 0.189. The summed E-state index contributed by atoms with van der Waals surface area (Å²) < 4.78 is 7.54. The summed E-state index contributed by atoms with van der Waals surface area (Å²) in [4.78, 5) is 0. The number of ether oxygens (including phenoxy) is 1. The van der Waals surface area contributed by atoms with E-state index < -0.39 is 6.10 Å². The highest BCUT2D eigenvalue weighted by atomic mass is 35.5. The maximum atomic E-state index is 9.73. The second-order valence-corrected chi connectivity index (χ2v) is 5.06. The van der Waals surface area contributed by atoms with Gasteiger partial charge in [0, 0.05) is 12.6 Å². The minimum Gasteiger partial charge on any atom is -0.487 e. The Morgan fingerprint density at radius 3 is 2.70 bits per heavy atom. The fraction of sp³-hybridized carbons (Fsp3) is 0.400. The lowest BCUT2D eigenvalue weighted by Gasteiger charge is -2.13. The number of hydrogen-bond donors (Lipinski definition) is 1. The van der Waals surface area contributed by atoms with Crippen molar-refractivity contribution in [3.05, 3.63) is 46.2 Å². The van der Waals surface area contributed by atoms with Gasteiger partial charge in [-0.15, -0.1) is 0 Å². The molecule has 1 N–H and O–H groups in total. The molecular weight excluding hydrogens is 276 g/mol. The molecule has 0 fully saturated rings. The quantitative estimate of drug-likeness (QED) is 0.920. The third-order valence-electron chi connectivity index (χ3n) is 3.24. The summed E-state index contributed by atoms with van der Waals surface area (Å²) in [6, 6.07) is 7.44. The van der Waals surface area contributed by atoms with Crippen molar-refractivity contribution < 1.29 is 9.84 Å². The van der Waals surface area contributed by atoms with E-state index in [4.69, 9.17) is 16.3 Å². The average Bonchev–Trinajstić information content (AvgIpc) is 2.71. The standard InChI is InChI=1S/C15H19ClN2O2/c1-4-12-15(16)13(18(3)17-12)9-20-14-8-6-5-7-11(14)10(2)19/h5-8,10,19H,4,9H2,1-3H3/t10-/m1/s1. The van der Waals surface area contributed by atoms with Crippen molar-refractivity contribution in [3.8, 4) is 5.75 Å². The van der Waals surface area contributed by atoms with Crippen LogP contribution in [0.2, 0.25) is 5.02 Å². The van der Waals surface area contributed by atoms with E-state index in [1.54, 1.807) is 11.6 Å². The first-order valence-electron chi connectivity index (χ1n) is 6.64. The van der Waals surface area contributed by atoms with Crippen LogP contribution in [0, 0.1) is 0 Å². The highest BCUT2D eigenvalue weighted by Gasteiger charge is 2.15. The topological polar surface area (TPSA) is 47.3 Å². The number of halogens is 1. The van der Waals surface area contributed by atoms with Gasteiger partial charge in [-0.05, 0) is 19.4 Å². The molecule has 0 bridgehead atoms. The summed E-state index contributed by atoms with van der Waals surface area (Å²) in [6.45, 7) is 4.06. The maximum Gasteiger partial charge on any atom is 0.131 e. The van der Waals surface area contributed by atoms with Crippen molar-refractivity contribution in [2.75, 3.05) is 0 Å². The Hall–Kier alpha value is -1.52. The van der Waals surface area contributed by atoms with Crippen molar-refractivity contribution in [2.24, 2.45) is 7.05 Å². The SMILES string of the molecule is CCc1nn(C)c(COc2ccccc2[C@@H](C)O)c1Cl. The molecule has 1 atom stereocenters. The van der Waals surface area contributed by atoms with E-state index in [1.165, 1.54) is 0 Å². The molecule has 1 heterocycles. The molecule has 5 heteroatoms. The largest absolute Gasteiger partial charge is 0.487 e. The summed E-state index contributed by atoms with van der Waals surface area (Å²) >= 11 is 6.29. The summed E-state index contributed by atoms with van der Waals surface area (Å²) in [5.41, 5.74) is 2.47. The van der Waals surface area contributed by atoms with Crippen LogP contribution in [-0.4, -0.2) is 14.9 Å². The normalized spacial score (nSPS) is 12.4. The molecule has 0 saturated carbocycles. The number of aliphatic hydroxyl groups excluding tert-OH is 1. The van der Waals surface area contributed by atoms with Crippen molar-refractivity contribution in [3.63, 3.8) is 0 Å². The van der Waals surface area contributed by atoms with Crippen LogP contribution in [0.25, 0.3) is 0 Å². The second kappa shape index (κ2) is 6.29. The zero-order valence-corrected chi connectivity index (χ0v) is 12.7. The monoisotopic (exact) mass is 294 g/mol. The number of hydrogen-bond acceptors (Lipinski definition) is 3. The Morgan fingerprint density at radius 2 is 2.10 bits per heavy atom. The molecule has 0 amide bonds. The first-order valence-corrected chi connectivity index (χ1v) is 7.02. The number of aliphatic hydroxyl groups is 1. The molecule has 0 saturated heterocycles. The van der Waals surface area contributed by atoms with Gasteiger partial charge < -0.3 is 9.84 Å². The minimum atomic E-state index is -0.570. The number of benzene rings is 1. The molecule has 1 aromatic carbocycles. The third-order valence-corrected chi connectivity index (χ3v) is 3.67. The molecule has 0 radical (unpaired) electrons. The Morgan fingerprint density at radius 1 is 1.40 bits per heavy atom. The Kier molecular flexibility index (Phi) is 4.68. The van der Waals surface area contributed by atoms with Crippen LogP contribution in [0.4, 0.5) is 0 Å². The second-order valence-electron chi connectivity index (χ2n) is 4.69. The molecule has 0 unspecified atom stereocenters. The molecule has 108 valence electrons. The van der Waals surface area contributed by atoms with E-state index in [0.717, 1.165) is 23.4 Å². The zero-order valence-electron chi connectivity index (χ0n) is 11.9. The Balaban J connectivity index is 2.19. The van der Waals surface area contributed by atoms with Crippen molar-refractivity contribution >= 4 is 11.6 Å².